The SMILES string of the molecule is [2H]c1nc([2H])c(-c2cc3cc(CC(=O)CN4CCOCC4)ncc3cn2)c([2H])c1[2H]. The van der Waals surface area contributed by atoms with E-state index in [0.717, 1.165) is 23.9 Å². The predicted molar refractivity (Wildman–Crippen MR) is 98.7 cm³/mol. The minimum absolute atomic E-state index is 0.0778. The largest absolute Gasteiger partial charge is 0.379 e. The highest BCUT2D eigenvalue weighted by molar-refractivity contribution is 5.87. The van der Waals surface area contributed by atoms with Gasteiger partial charge in [0.15, 0.2) is 5.78 Å². The quantitative estimate of drug-likeness (QED) is 0.701. The summed E-state index contributed by atoms with van der Waals surface area (Å²) >= 11 is 0. The minimum Gasteiger partial charge on any atom is -0.379 e. The number of hydrogen-bond acceptors (Lipinski definition) is 6. The maximum Gasteiger partial charge on any atom is 0.152 e. The van der Waals surface area contributed by atoms with Gasteiger partial charge in [-0.2, -0.15) is 0 Å². The zero-order valence-corrected chi connectivity index (χ0v) is 14.2. The van der Waals surface area contributed by atoms with E-state index in [0.29, 0.717) is 31.1 Å². The molecule has 0 spiro atoms. The second kappa shape index (κ2) is 7.68. The van der Waals surface area contributed by atoms with Crippen LogP contribution >= 0.6 is 0 Å². The summed E-state index contributed by atoms with van der Waals surface area (Å²) in [5, 5.41) is 1.53. The Kier molecular flexibility index (Phi) is 3.73. The van der Waals surface area contributed by atoms with Gasteiger partial charge in [0.25, 0.3) is 0 Å². The zero-order valence-electron chi connectivity index (χ0n) is 18.2. The van der Waals surface area contributed by atoms with Crippen molar-refractivity contribution < 1.29 is 15.0 Å². The Morgan fingerprint density at radius 1 is 1.19 bits per heavy atom. The van der Waals surface area contributed by atoms with Gasteiger partial charge in [-0.3, -0.25) is 24.6 Å². The summed E-state index contributed by atoms with van der Waals surface area (Å²) in [7, 11) is 0. The van der Waals surface area contributed by atoms with Crippen molar-refractivity contribution in [1.29, 1.82) is 0 Å². The average molecular weight is 352 g/mol. The van der Waals surface area contributed by atoms with Crippen molar-refractivity contribution in [2.45, 2.75) is 6.42 Å². The third kappa shape index (κ3) is 3.92. The first-order valence-corrected chi connectivity index (χ1v) is 8.43. The van der Waals surface area contributed by atoms with Gasteiger partial charge >= 0.3 is 0 Å². The molecular formula is C20H20N4O2. The summed E-state index contributed by atoms with van der Waals surface area (Å²) in [6.45, 7) is 3.15. The van der Waals surface area contributed by atoms with Crippen LogP contribution in [0.1, 0.15) is 11.2 Å². The van der Waals surface area contributed by atoms with Crippen LogP contribution in [0.3, 0.4) is 0 Å². The van der Waals surface area contributed by atoms with Crippen LogP contribution in [-0.2, 0) is 16.0 Å². The Balaban J connectivity index is 1.60. The monoisotopic (exact) mass is 352 g/mol. The molecule has 0 N–H and O–H groups in total. The third-order valence-corrected chi connectivity index (χ3v) is 4.26. The molecule has 0 aromatic carbocycles. The Morgan fingerprint density at radius 2 is 2.04 bits per heavy atom. The lowest BCUT2D eigenvalue weighted by atomic mass is 10.1. The molecule has 1 aliphatic heterocycles. The molecular weight excluding hydrogens is 328 g/mol. The van der Waals surface area contributed by atoms with Crippen LogP contribution in [0.2, 0.25) is 0 Å². The van der Waals surface area contributed by atoms with Gasteiger partial charge < -0.3 is 4.74 Å². The topological polar surface area (TPSA) is 68.2 Å². The molecule has 0 atom stereocenters. The molecule has 4 rings (SSSR count). The first-order valence-electron chi connectivity index (χ1n) is 10.4. The molecule has 0 saturated carbocycles. The lowest BCUT2D eigenvalue weighted by Gasteiger charge is -2.25. The van der Waals surface area contributed by atoms with Gasteiger partial charge in [0.2, 0.25) is 0 Å². The summed E-state index contributed by atoms with van der Waals surface area (Å²) < 4.78 is 36.8. The summed E-state index contributed by atoms with van der Waals surface area (Å²) in [5.41, 5.74) is 1.07. The van der Waals surface area contributed by atoms with Crippen LogP contribution in [0.4, 0.5) is 0 Å². The number of pyridine rings is 3. The summed E-state index contributed by atoms with van der Waals surface area (Å²) in [5.74, 6) is 0.0778. The van der Waals surface area contributed by atoms with Crippen LogP contribution < -0.4 is 0 Å². The molecule has 0 aliphatic carbocycles. The lowest BCUT2D eigenvalue weighted by Crippen LogP contribution is -2.39. The molecule has 4 heterocycles. The van der Waals surface area contributed by atoms with E-state index in [9.17, 15) is 4.79 Å². The van der Waals surface area contributed by atoms with E-state index in [1.54, 1.807) is 24.5 Å². The molecule has 3 aromatic heterocycles. The summed E-state index contributed by atoms with van der Waals surface area (Å²) in [4.78, 5) is 26.9. The molecule has 0 unspecified atom stereocenters. The molecule has 26 heavy (non-hydrogen) atoms. The van der Waals surface area contributed by atoms with Crippen molar-refractivity contribution in [2.24, 2.45) is 0 Å². The highest BCUT2D eigenvalue weighted by atomic mass is 16.5. The first kappa shape index (κ1) is 12.6. The maximum absolute atomic E-state index is 12.4. The number of hydrogen-bond donors (Lipinski definition) is 0. The molecule has 132 valence electrons. The number of ketones is 1. The first-order chi connectivity index (χ1) is 14.4. The Labute approximate surface area is 157 Å². The van der Waals surface area contributed by atoms with Gasteiger partial charge in [-0.1, -0.05) is 0 Å². The van der Waals surface area contributed by atoms with E-state index < -0.39 is 6.17 Å². The summed E-state index contributed by atoms with van der Waals surface area (Å²) in [6.07, 6.45) is 2.77. The molecule has 3 aromatic rings. The fourth-order valence-corrected chi connectivity index (χ4v) is 2.94. The fourth-order valence-electron chi connectivity index (χ4n) is 2.94. The molecule has 1 fully saturated rings. The second-order valence-electron chi connectivity index (χ2n) is 6.16. The van der Waals surface area contributed by atoms with Crippen LogP contribution in [0.5, 0.6) is 0 Å². The normalized spacial score (nSPS) is 17.4. The van der Waals surface area contributed by atoms with Crippen LogP contribution in [0, 0.1) is 0 Å². The summed E-state index contributed by atoms with van der Waals surface area (Å²) in [6, 6.07) is 2.91. The lowest BCUT2D eigenvalue weighted by molar-refractivity contribution is -0.120. The van der Waals surface area contributed by atoms with Gasteiger partial charge in [0.1, 0.15) is 0 Å². The van der Waals surface area contributed by atoms with Crippen molar-refractivity contribution in [3.05, 3.63) is 54.7 Å². The van der Waals surface area contributed by atoms with Gasteiger partial charge in [0.05, 0.1) is 37.4 Å². The predicted octanol–water partition coefficient (Wildman–Crippen LogP) is 2.14. The molecule has 0 bridgehead atoms. The molecule has 6 nitrogen and oxygen atoms in total. The van der Waals surface area contributed by atoms with E-state index in [1.807, 2.05) is 0 Å². The number of carbonyl (C=O) groups excluding carboxylic acids is 1. The van der Waals surface area contributed by atoms with Crippen molar-refractivity contribution in [2.75, 3.05) is 32.8 Å². The minimum atomic E-state index is -0.403. The maximum atomic E-state index is 12.4. The average Bonchev–Trinajstić information content (AvgIpc) is 2.72. The number of ether oxygens (including phenoxy) is 1. The van der Waals surface area contributed by atoms with Crippen molar-refractivity contribution in [3.8, 4) is 11.3 Å². The fraction of sp³-hybridized carbons (Fsp3) is 0.300. The van der Waals surface area contributed by atoms with E-state index in [-0.39, 0.29) is 36.0 Å². The van der Waals surface area contributed by atoms with Crippen molar-refractivity contribution in [1.82, 2.24) is 19.9 Å². The standard InChI is InChI=1S/C20H20N4O2/c25-19(14-24-4-6-26-7-5-24)10-18-8-16-9-20(15-2-1-3-21-11-15)23-13-17(16)12-22-18/h1-3,8-9,11-13H,4-7,10,14H2/i1D,2D,3D,11D. The number of carbonyl (C=O) groups is 1. The Bertz CT molecular complexity index is 1120. The highest BCUT2D eigenvalue weighted by Gasteiger charge is 2.15. The van der Waals surface area contributed by atoms with Crippen LogP contribution in [-0.4, -0.2) is 58.5 Å². The number of morpholine rings is 1. The Hall–Kier alpha value is -2.70. The van der Waals surface area contributed by atoms with Gasteiger partial charge in [-0.25, -0.2) is 0 Å². The third-order valence-electron chi connectivity index (χ3n) is 4.26. The van der Waals surface area contributed by atoms with E-state index in [1.165, 1.54) is 0 Å². The van der Waals surface area contributed by atoms with Crippen molar-refractivity contribution in [3.63, 3.8) is 0 Å². The number of fused-ring (bicyclic) bond motifs is 1. The number of rotatable bonds is 5. The van der Waals surface area contributed by atoms with E-state index in [4.69, 9.17) is 10.2 Å². The van der Waals surface area contributed by atoms with Gasteiger partial charge in [-0.15, -0.1) is 0 Å². The molecule has 0 radical (unpaired) electrons. The van der Waals surface area contributed by atoms with Gasteiger partial charge in [-0.05, 0) is 29.6 Å². The van der Waals surface area contributed by atoms with Crippen LogP contribution in [0.15, 0.2) is 49.0 Å². The highest BCUT2D eigenvalue weighted by Crippen LogP contribution is 2.21. The zero-order chi connectivity index (χ0) is 21.3. The van der Waals surface area contributed by atoms with E-state index >= 15 is 0 Å². The second-order valence-corrected chi connectivity index (χ2v) is 6.16. The molecule has 0 amide bonds. The van der Waals surface area contributed by atoms with Crippen LogP contribution in [0.25, 0.3) is 22.0 Å². The molecule has 1 saturated heterocycles. The number of aromatic nitrogens is 3. The van der Waals surface area contributed by atoms with E-state index in [2.05, 4.69) is 19.9 Å². The Morgan fingerprint density at radius 3 is 2.92 bits per heavy atom. The smallest absolute Gasteiger partial charge is 0.152 e. The van der Waals surface area contributed by atoms with Crippen molar-refractivity contribution >= 4 is 16.6 Å². The number of Topliss-reactive ketones (excluding diaryl/α,β-unsaturated/α-hetero) is 1. The number of nitrogens with zero attached hydrogens (tertiary/aromatic N) is 4. The molecule has 1 aliphatic rings. The van der Waals surface area contributed by atoms with Gasteiger partial charge in [0, 0.05) is 54.5 Å². The molecule has 6 heteroatoms.